The van der Waals surface area contributed by atoms with Gasteiger partial charge in [-0.05, 0) is 78.7 Å². The molecule has 0 amide bonds. The van der Waals surface area contributed by atoms with Gasteiger partial charge in [0.1, 0.15) is 0 Å². The molecule has 0 aromatic heterocycles. The fraction of sp³-hybridized carbons (Fsp3) is 0.435. The molecule has 6 nitrogen and oxygen atoms in total. The topological polar surface area (TPSA) is 81.5 Å². The fourth-order valence-corrected chi connectivity index (χ4v) is 6.14. The lowest BCUT2D eigenvalue weighted by Gasteiger charge is -2.44. The second kappa shape index (κ2) is 6.58. The van der Waals surface area contributed by atoms with Crippen molar-refractivity contribution in [1.29, 1.82) is 0 Å². The molecule has 2 aromatic rings. The first-order valence-electron chi connectivity index (χ1n) is 10.2. The van der Waals surface area contributed by atoms with Gasteiger partial charge in [-0.25, -0.2) is 4.79 Å². The first-order valence-corrected chi connectivity index (χ1v) is 10.2. The smallest absolute Gasteiger partial charge is 0.337 e. The highest BCUT2D eigenvalue weighted by molar-refractivity contribution is 5.89. The summed E-state index contributed by atoms with van der Waals surface area (Å²) in [7, 11) is 1.39. The molecule has 5 atom stereocenters. The third-order valence-electron chi connectivity index (χ3n) is 7.28. The Morgan fingerprint density at radius 1 is 1.17 bits per heavy atom. The molecule has 150 valence electrons. The largest absolute Gasteiger partial charge is 0.465 e. The SMILES string of the molecule is COC(=O)c1ccc([C@@H]2Nc3c(C)cc([N+](=O)[O-])cc3[C@H]3[C@H]4CC[C@@H](C4)[C@H]32)cc1. The lowest BCUT2D eigenvalue weighted by Crippen LogP contribution is -2.35. The van der Waals surface area contributed by atoms with E-state index in [4.69, 9.17) is 4.74 Å². The van der Waals surface area contributed by atoms with Gasteiger partial charge in [0.15, 0.2) is 0 Å². The second-order valence-corrected chi connectivity index (χ2v) is 8.66. The Bertz CT molecular complexity index is 1000. The van der Waals surface area contributed by atoms with Crippen molar-refractivity contribution in [3.05, 3.63) is 68.8 Å². The lowest BCUT2D eigenvalue weighted by molar-refractivity contribution is -0.385. The maximum Gasteiger partial charge on any atom is 0.337 e. The molecule has 2 aliphatic carbocycles. The molecule has 5 rings (SSSR count). The van der Waals surface area contributed by atoms with Gasteiger partial charge in [0.2, 0.25) is 0 Å². The molecule has 6 heteroatoms. The zero-order chi connectivity index (χ0) is 20.3. The number of nitro groups is 1. The Morgan fingerprint density at radius 3 is 2.59 bits per heavy atom. The minimum atomic E-state index is -0.334. The number of non-ortho nitro benzene ring substituents is 1. The van der Waals surface area contributed by atoms with Gasteiger partial charge in [0, 0.05) is 17.8 Å². The molecule has 2 saturated carbocycles. The van der Waals surface area contributed by atoms with E-state index in [0.29, 0.717) is 29.2 Å². The summed E-state index contributed by atoms with van der Waals surface area (Å²) >= 11 is 0. The minimum absolute atomic E-state index is 0.148. The van der Waals surface area contributed by atoms with E-state index in [9.17, 15) is 14.9 Å². The number of nitro benzene ring substituents is 1. The standard InChI is InChI=1S/C23H24N2O4/c1-12-9-17(25(27)28)11-18-19-15-7-8-16(10-15)20(19)22(24-21(12)18)13-3-5-14(6-4-13)23(26)29-2/h3-6,9,11,15-16,19-20,22,24H,7-8,10H2,1-2H3/t15-,16-,19+,20+,22-/m0/s1. The van der Waals surface area contributed by atoms with Gasteiger partial charge < -0.3 is 10.1 Å². The van der Waals surface area contributed by atoms with Crippen LogP contribution in [0.25, 0.3) is 0 Å². The van der Waals surface area contributed by atoms with Crippen LogP contribution in [0.4, 0.5) is 11.4 Å². The highest BCUT2D eigenvalue weighted by atomic mass is 16.6. The van der Waals surface area contributed by atoms with E-state index < -0.39 is 0 Å². The van der Waals surface area contributed by atoms with Crippen molar-refractivity contribution >= 4 is 17.3 Å². The van der Waals surface area contributed by atoms with Crippen molar-refractivity contribution in [3.8, 4) is 0 Å². The van der Waals surface area contributed by atoms with Crippen LogP contribution < -0.4 is 5.32 Å². The molecule has 29 heavy (non-hydrogen) atoms. The summed E-state index contributed by atoms with van der Waals surface area (Å²) in [5, 5.41) is 15.2. The molecular formula is C23H24N2O4. The number of benzene rings is 2. The van der Waals surface area contributed by atoms with E-state index in [1.165, 1.54) is 26.4 Å². The quantitative estimate of drug-likeness (QED) is 0.452. The van der Waals surface area contributed by atoms with E-state index in [1.54, 1.807) is 12.1 Å². The van der Waals surface area contributed by atoms with Crippen LogP contribution in [0.5, 0.6) is 0 Å². The van der Waals surface area contributed by atoms with Gasteiger partial charge in [-0.15, -0.1) is 0 Å². The summed E-state index contributed by atoms with van der Waals surface area (Å²) in [6, 6.07) is 11.3. The third kappa shape index (κ3) is 2.73. The molecule has 3 aliphatic rings. The Hall–Kier alpha value is -2.89. The number of carbonyl (C=O) groups is 1. The van der Waals surface area contributed by atoms with Crippen LogP contribution in [0.2, 0.25) is 0 Å². The first kappa shape index (κ1) is 18.2. The summed E-state index contributed by atoms with van der Waals surface area (Å²) in [5.41, 5.74) is 4.98. The van der Waals surface area contributed by atoms with Gasteiger partial charge in [0.05, 0.1) is 23.6 Å². The summed E-state index contributed by atoms with van der Waals surface area (Å²) in [5.74, 6) is 1.68. The number of methoxy groups -OCH3 is 1. The van der Waals surface area contributed by atoms with Gasteiger partial charge in [-0.1, -0.05) is 12.1 Å². The molecule has 2 bridgehead atoms. The van der Waals surface area contributed by atoms with E-state index >= 15 is 0 Å². The van der Waals surface area contributed by atoms with E-state index in [2.05, 4.69) is 5.32 Å². The summed E-state index contributed by atoms with van der Waals surface area (Å²) in [6.07, 6.45) is 3.64. The summed E-state index contributed by atoms with van der Waals surface area (Å²) in [6.45, 7) is 1.95. The van der Waals surface area contributed by atoms with Crippen LogP contribution in [0.3, 0.4) is 0 Å². The highest BCUT2D eigenvalue weighted by Gasteiger charge is 2.54. The molecular weight excluding hydrogens is 368 g/mol. The Balaban J connectivity index is 1.59. The van der Waals surface area contributed by atoms with Crippen molar-refractivity contribution in [1.82, 2.24) is 0 Å². The molecule has 1 heterocycles. The van der Waals surface area contributed by atoms with E-state index in [0.717, 1.165) is 22.4 Å². The zero-order valence-corrected chi connectivity index (χ0v) is 16.6. The van der Waals surface area contributed by atoms with Crippen molar-refractivity contribution in [3.63, 3.8) is 0 Å². The van der Waals surface area contributed by atoms with Gasteiger partial charge >= 0.3 is 5.97 Å². The maximum atomic E-state index is 11.8. The molecule has 2 aromatic carbocycles. The number of anilines is 1. The molecule has 2 fully saturated rings. The fourth-order valence-electron chi connectivity index (χ4n) is 6.14. The Morgan fingerprint density at radius 2 is 1.90 bits per heavy atom. The van der Waals surface area contributed by atoms with Gasteiger partial charge in [-0.3, -0.25) is 10.1 Å². The number of ether oxygens (including phenoxy) is 1. The maximum absolute atomic E-state index is 11.8. The minimum Gasteiger partial charge on any atom is -0.465 e. The second-order valence-electron chi connectivity index (χ2n) is 8.66. The number of rotatable bonds is 3. The van der Waals surface area contributed by atoms with E-state index in [1.807, 2.05) is 31.2 Å². The van der Waals surface area contributed by atoms with Crippen LogP contribution in [-0.4, -0.2) is 18.0 Å². The molecule has 0 spiro atoms. The number of esters is 1. The van der Waals surface area contributed by atoms with Crippen LogP contribution in [0.1, 0.15) is 58.3 Å². The van der Waals surface area contributed by atoms with Crippen LogP contribution in [0, 0.1) is 34.8 Å². The van der Waals surface area contributed by atoms with Crippen molar-refractivity contribution in [2.45, 2.75) is 38.1 Å². The first-order chi connectivity index (χ1) is 14.0. The predicted octanol–water partition coefficient (Wildman–Crippen LogP) is 4.99. The Labute approximate surface area is 169 Å². The number of fused-ring (bicyclic) bond motifs is 7. The third-order valence-corrected chi connectivity index (χ3v) is 7.28. The average Bonchev–Trinajstić information content (AvgIpc) is 3.35. The molecule has 0 saturated heterocycles. The lowest BCUT2D eigenvalue weighted by atomic mass is 9.67. The number of carbonyl (C=O) groups excluding carboxylic acids is 1. The van der Waals surface area contributed by atoms with Crippen LogP contribution in [-0.2, 0) is 4.74 Å². The van der Waals surface area contributed by atoms with Gasteiger partial charge in [0.25, 0.3) is 5.69 Å². The summed E-state index contributed by atoms with van der Waals surface area (Å²) < 4.78 is 4.81. The normalized spacial score (nSPS) is 29.0. The summed E-state index contributed by atoms with van der Waals surface area (Å²) in [4.78, 5) is 22.9. The zero-order valence-electron chi connectivity index (χ0n) is 16.6. The molecule has 1 N–H and O–H groups in total. The van der Waals surface area contributed by atoms with Crippen molar-refractivity contribution < 1.29 is 14.5 Å². The number of aryl methyl sites for hydroxylation is 1. The number of nitrogens with zero attached hydrogens (tertiary/aromatic N) is 1. The van der Waals surface area contributed by atoms with E-state index in [-0.39, 0.29) is 22.6 Å². The molecule has 0 radical (unpaired) electrons. The monoisotopic (exact) mass is 392 g/mol. The highest BCUT2D eigenvalue weighted by Crippen LogP contribution is 2.64. The molecule has 1 aliphatic heterocycles. The number of hydrogen-bond acceptors (Lipinski definition) is 5. The number of nitrogens with one attached hydrogen (secondary N) is 1. The van der Waals surface area contributed by atoms with Crippen molar-refractivity contribution in [2.24, 2.45) is 17.8 Å². The number of hydrogen-bond donors (Lipinski definition) is 1. The predicted molar refractivity (Wildman–Crippen MR) is 109 cm³/mol. The van der Waals surface area contributed by atoms with Gasteiger partial charge in [-0.2, -0.15) is 0 Å². The average molecular weight is 392 g/mol. The Kier molecular flexibility index (Phi) is 4.12. The van der Waals surface area contributed by atoms with Crippen LogP contribution >= 0.6 is 0 Å². The van der Waals surface area contributed by atoms with Crippen LogP contribution in [0.15, 0.2) is 36.4 Å². The molecule has 0 unspecified atom stereocenters. The van der Waals surface area contributed by atoms with Crippen molar-refractivity contribution in [2.75, 3.05) is 12.4 Å².